The molecule has 0 aromatic heterocycles. The molecule has 0 spiro atoms. The minimum Gasteiger partial charge on any atom is -0.477 e. The molecule has 0 amide bonds. The zero-order valence-corrected chi connectivity index (χ0v) is 45.3. The summed E-state index contributed by atoms with van der Waals surface area (Å²) < 4.78 is 22.8. The van der Waals surface area contributed by atoms with E-state index in [-0.39, 0.29) is 32.2 Å². The Kier molecular flexibility index (Phi) is 49.0. The van der Waals surface area contributed by atoms with Gasteiger partial charge in [-0.3, -0.25) is 9.59 Å². The van der Waals surface area contributed by atoms with Gasteiger partial charge in [-0.15, -0.1) is 0 Å². The Morgan fingerprint density at radius 3 is 1.18 bits per heavy atom. The van der Waals surface area contributed by atoms with Crippen molar-refractivity contribution in [1.29, 1.82) is 0 Å². The van der Waals surface area contributed by atoms with Crippen molar-refractivity contribution >= 4 is 17.9 Å². The number of esters is 2. The first-order chi connectivity index (χ1) is 33.1. The molecule has 9 nitrogen and oxygen atoms in total. The fourth-order valence-electron chi connectivity index (χ4n) is 8.16. The van der Waals surface area contributed by atoms with E-state index in [4.69, 9.17) is 18.9 Å². The Hall–Kier alpha value is -2.49. The second kappa shape index (κ2) is 50.9. The predicted octanol–water partition coefficient (Wildman–Crippen LogP) is 16.5. The minimum atomic E-state index is -1.51. The van der Waals surface area contributed by atoms with Crippen molar-refractivity contribution in [3.63, 3.8) is 0 Å². The Bertz CT molecular complexity index is 1210. The lowest BCUT2D eigenvalue weighted by atomic mass is 10.0. The van der Waals surface area contributed by atoms with Gasteiger partial charge >= 0.3 is 17.9 Å². The number of nitrogens with zero attached hydrogens (tertiary/aromatic N) is 1. The van der Waals surface area contributed by atoms with Gasteiger partial charge in [-0.05, 0) is 70.6 Å². The summed E-state index contributed by atoms with van der Waals surface area (Å²) in [6, 6.07) is 0. The van der Waals surface area contributed by atoms with Crippen LogP contribution in [0.4, 0.5) is 0 Å². The number of hydrogen-bond acceptors (Lipinski definition) is 7. The highest BCUT2D eigenvalue weighted by Crippen LogP contribution is 2.16. The summed E-state index contributed by atoms with van der Waals surface area (Å²) in [6.07, 6.45) is 58.0. The molecule has 0 radical (unpaired) electrons. The van der Waals surface area contributed by atoms with Crippen LogP contribution in [0.1, 0.15) is 264 Å². The van der Waals surface area contributed by atoms with Gasteiger partial charge in [-0.1, -0.05) is 217 Å². The number of ether oxygens (including phenoxy) is 4. The Morgan fingerprint density at radius 2 is 0.794 bits per heavy atom. The molecule has 0 saturated heterocycles. The largest absolute Gasteiger partial charge is 0.477 e. The van der Waals surface area contributed by atoms with E-state index in [1.165, 1.54) is 173 Å². The van der Waals surface area contributed by atoms with Gasteiger partial charge in [0.05, 0.1) is 34.4 Å². The number of unbranched alkanes of at least 4 members (excludes halogenated alkanes) is 32. The van der Waals surface area contributed by atoms with E-state index in [0.717, 1.165) is 64.2 Å². The average molecular weight is 962 g/mol. The van der Waals surface area contributed by atoms with Crippen molar-refractivity contribution in [2.24, 2.45) is 0 Å². The average Bonchev–Trinajstić information content (AvgIpc) is 3.30. The fraction of sp³-hybridized carbons (Fsp3) is 0.847. The second-order valence-corrected chi connectivity index (χ2v) is 20.6. The maximum absolute atomic E-state index is 12.9. The number of carbonyl (C=O) groups is 3. The van der Waals surface area contributed by atoms with Gasteiger partial charge in [0.2, 0.25) is 0 Å². The van der Waals surface area contributed by atoms with Crippen LogP contribution in [0.15, 0.2) is 36.5 Å². The van der Waals surface area contributed by atoms with Crippen LogP contribution >= 0.6 is 0 Å². The van der Waals surface area contributed by atoms with Crippen LogP contribution in [0.3, 0.4) is 0 Å². The van der Waals surface area contributed by atoms with Gasteiger partial charge in [-0.25, -0.2) is 4.79 Å². The Labute approximate surface area is 420 Å². The standard InChI is InChI=1S/C59H109NO8/c1-6-8-10-12-14-16-18-20-22-23-24-25-26-27-28-29-30-31-32-33-34-35-36-38-40-42-44-46-48-50-57(62)68-55(54-67-59(58(63)64)65-52-51-60(3,4)5)53-66-56(61)49-47-45-43-41-39-37-21-19-17-15-13-11-9-7-2/h18-21,23-24,55,59H,6-17,22,25-54H2,1-5H3/p+1/b20-18-,21-19-,24-23-. The molecule has 0 aromatic rings. The van der Waals surface area contributed by atoms with E-state index in [9.17, 15) is 19.5 Å². The summed E-state index contributed by atoms with van der Waals surface area (Å²) in [5, 5.41) is 9.68. The van der Waals surface area contributed by atoms with Crippen LogP contribution in [0.25, 0.3) is 0 Å². The summed E-state index contributed by atoms with van der Waals surface area (Å²) in [7, 11) is 5.97. The quantitative estimate of drug-likeness (QED) is 0.0211. The molecule has 0 aliphatic carbocycles. The van der Waals surface area contributed by atoms with Crippen LogP contribution in [-0.4, -0.2) is 87.4 Å². The number of aliphatic carboxylic acids is 1. The molecule has 0 aliphatic heterocycles. The minimum absolute atomic E-state index is 0.183. The van der Waals surface area contributed by atoms with E-state index in [0.29, 0.717) is 17.4 Å². The third-order valence-corrected chi connectivity index (χ3v) is 12.6. The summed E-state index contributed by atoms with van der Waals surface area (Å²) >= 11 is 0. The van der Waals surface area contributed by atoms with Crippen LogP contribution in [0.5, 0.6) is 0 Å². The molecule has 0 bridgehead atoms. The monoisotopic (exact) mass is 961 g/mol. The first kappa shape index (κ1) is 65.5. The van der Waals surface area contributed by atoms with E-state index in [1.807, 2.05) is 21.1 Å². The van der Waals surface area contributed by atoms with E-state index >= 15 is 0 Å². The van der Waals surface area contributed by atoms with Gasteiger partial charge < -0.3 is 28.5 Å². The molecule has 1 N–H and O–H groups in total. The summed E-state index contributed by atoms with van der Waals surface area (Å²) in [5.41, 5.74) is 0. The van der Waals surface area contributed by atoms with Crippen molar-refractivity contribution in [2.75, 3.05) is 47.5 Å². The van der Waals surface area contributed by atoms with Crippen LogP contribution in [0, 0.1) is 0 Å². The lowest BCUT2D eigenvalue weighted by Gasteiger charge is -2.25. The zero-order valence-electron chi connectivity index (χ0n) is 45.3. The molecule has 9 heteroatoms. The third kappa shape index (κ3) is 51.4. The highest BCUT2D eigenvalue weighted by atomic mass is 16.7. The van der Waals surface area contributed by atoms with Crippen LogP contribution < -0.4 is 0 Å². The number of allylic oxidation sites excluding steroid dienone is 6. The molecule has 0 heterocycles. The summed E-state index contributed by atoms with van der Waals surface area (Å²) in [5.74, 6) is -2.00. The fourth-order valence-corrected chi connectivity index (χ4v) is 8.16. The maximum atomic E-state index is 12.9. The second-order valence-electron chi connectivity index (χ2n) is 20.6. The van der Waals surface area contributed by atoms with Crippen molar-refractivity contribution in [2.45, 2.75) is 277 Å². The number of rotatable bonds is 53. The molecule has 398 valence electrons. The normalized spacial score (nSPS) is 13.0. The maximum Gasteiger partial charge on any atom is 0.361 e. The molecule has 68 heavy (non-hydrogen) atoms. The highest BCUT2D eigenvalue weighted by Gasteiger charge is 2.25. The first-order valence-corrected chi connectivity index (χ1v) is 28.7. The lowest BCUT2D eigenvalue weighted by molar-refractivity contribution is -0.870. The van der Waals surface area contributed by atoms with Gasteiger partial charge in [0.15, 0.2) is 6.10 Å². The molecule has 0 fully saturated rings. The van der Waals surface area contributed by atoms with Crippen molar-refractivity contribution < 1.29 is 42.9 Å². The smallest absolute Gasteiger partial charge is 0.361 e. The van der Waals surface area contributed by atoms with Gasteiger partial charge in [0, 0.05) is 12.8 Å². The number of quaternary nitrogens is 1. The number of carbonyl (C=O) groups excluding carboxylic acids is 2. The molecule has 0 rings (SSSR count). The molecule has 2 unspecified atom stereocenters. The van der Waals surface area contributed by atoms with Crippen molar-refractivity contribution in [1.82, 2.24) is 0 Å². The Balaban J connectivity index is 4.15. The SMILES string of the molecule is CCCCCCC/C=C\C/C=C\CCCCCCCCCCCCCCCCCCCC(=O)OC(COC(=O)CCCCCCC/C=C\CCCCCCC)COC(OCC[N+](C)(C)C)C(=O)O. The van der Waals surface area contributed by atoms with Crippen molar-refractivity contribution in [3.05, 3.63) is 36.5 Å². The molecule has 0 aliphatic rings. The van der Waals surface area contributed by atoms with E-state index in [1.54, 1.807) is 0 Å². The number of carboxylic acid groups (broad SMARTS) is 1. The van der Waals surface area contributed by atoms with Gasteiger partial charge in [-0.2, -0.15) is 0 Å². The van der Waals surface area contributed by atoms with Crippen molar-refractivity contribution in [3.8, 4) is 0 Å². The van der Waals surface area contributed by atoms with Gasteiger partial charge in [0.25, 0.3) is 6.29 Å². The number of carboxylic acids is 1. The highest BCUT2D eigenvalue weighted by molar-refractivity contribution is 5.71. The van der Waals surface area contributed by atoms with Gasteiger partial charge in [0.1, 0.15) is 13.2 Å². The third-order valence-electron chi connectivity index (χ3n) is 12.6. The molecule has 2 atom stereocenters. The summed E-state index contributed by atoms with van der Waals surface area (Å²) in [4.78, 5) is 37.3. The Morgan fingerprint density at radius 1 is 0.441 bits per heavy atom. The van der Waals surface area contributed by atoms with Crippen LogP contribution in [-0.2, 0) is 33.3 Å². The first-order valence-electron chi connectivity index (χ1n) is 28.7. The van der Waals surface area contributed by atoms with E-state index in [2.05, 4.69) is 50.3 Å². The van der Waals surface area contributed by atoms with E-state index < -0.39 is 24.3 Å². The lowest BCUT2D eigenvalue weighted by Crippen LogP contribution is -2.40. The molecular formula is C59H110NO8+. The van der Waals surface area contributed by atoms with Crippen LogP contribution in [0.2, 0.25) is 0 Å². The topological polar surface area (TPSA) is 108 Å². The summed E-state index contributed by atoms with van der Waals surface area (Å²) in [6.45, 7) is 4.87. The predicted molar refractivity (Wildman–Crippen MR) is 286 cm³/mol. The number of hydrogen-bond donors (Lipinski definition) is 1. The molecular weight excluding hydrogens is 851 g/mol. The molecule has 0 aromatic carbocycles. The number of likely N-dealkylation sites (N-methyl/N-ethyl adjacent to an activating group) is 1. The molecule has 0 saturated carbocycles. The zero-order chi connectivity index (χ0) is 49.9.